The van der Waals surface area contributed by atoms with E-state index in [0.717, 1.165) is 31.4 Å². The van der Waals surface area contributed by atoms with Crippen molar-refractivity contribution < 1.29 is 9.13 Å². The fourth-order valence-corrected chi connectivity index (χ4v) is 5.64. The molecule has 4 atom stereocenters. The van der Waals surface area contributed by atoms with E-state index in [1.165, 1.54) is 17.5 Å². The molecule has 1 saturated carbocycles. The zero-order valence-corrected chi connectivity index (χ0v) is 12.4. The molecule has 2 aliphatic heterocycles. The van der Waals surface area contributed by atoms with E-state index >= 15 is 0 Å². The monoisotopic (exact) mass is 285 g/mol. The predicted octanol–water partition coefficient (Wildman–Crippen LogP) is 3.05. The van der Waals surface area contributed by atoms with Crippen molar-refractivity contribution in [2.24, 2.45) is 5.92 Å². The molecule has 2 nitrogen and oxygen atoms in total. The summed E-state index contributed by atoms with van der Waals surface area (Å²) in [5.74, 6) is 0.928. The first-order valence-corrected chi connectivity index (χ1v) is 7.99. The number of piperidine rings is 1. The number of benzene rings is 1. The van der Waals surface area contributed by atoms with Gasteiger partial charge in [0.1, 0.15) is 6.10 Å². The molecule has 0 radical (unpaired) electrons. The summed E-state index contributed by atoms with van der Waals surface area (Å²) in [6, 6.07) is 4.14. The van der Waals surface area contributed by atoms with E-state index in [1.54, 1.807) is 6.07 Å². The molecule has 4 aliphatic rings. The number of rotatable bonds is 0. The van der Waals surface area contributed by atoms with Crippen LogP contribution in [0.1, 0.15) is 30.4 Å². The van der Waals surface area contributed by atoms with Gasteiger partial charge < -0.3 is 9.64 Å². The van der Waals surface area contributed by atoms with Crippen molar-refractivity contribution in [2.45, 2.75) is 43.2 Å². The second kappa shape index (κ2) is 3.70. The average Bonchev–Trinajstić information content (AvgIpc) is 2.83. The Hall–Kier alpha value is -1.35. The summed E-state index contributed by atoms with van der Waals surface area (Å²) in [5.41, 5.74) is 3.66. The molecule has 2 fully saturated rings. The van der Waals surface area contributed by atoms with Gasteiger partial charge >= 0.3 is 0 Å². The van der Waals surface area contributed by atoms with Gasteiger partial charge in [-0.05, 0) is 62.4 Å². The first kappa shape index (κ1) is 12.2. The highest BCUT2D eigenvalue weighted by Gasteiger charge is 2.63. The quantitative estimate of drug-likeness (QED) is 0.679. The maximum absolute atomic E-state index is 14.3. The van der Waals surface area contributed by atoms with Gasteiger partial charge in [0, 0.05) is 17.0 Å². The summed E-state index contributed by atoms with van der Waals surface area (Å²) in [4.78, 5) is 2.51. The molecule has 2 heterocycles. The second-order valence-corrected chi connectivity index (χ2v) is 7.25. The Labute approximate surface area is 124 Å². The largest absolute Gasteiger partial charge is 0.482 e. The minimum Gasteiger partial charge on any atom is -0.482 e. The van der Waals surface area contributed by atoms with Crippen LogP contribution in [0.4, 0.5) is 4.39 Å². The van der Waals surface area contributed by atoms with Gasteiger partial charge in [-0.3, -0.25) is 0 Å². The molecule has 0 unspecified atom stereocenters. The molecule has 0 aromatic heterocycles. The molecule has 21 heavy (non-hydrogen) atoms. The Morgan fingerprint density at radius 3 is 3.14 bits per heavy atom. The van der Waals surface area contributed by atoms with E-state index in [1.807, 2.05) is 6.07 Å². The third kappa shape index (κ3) is 1.24. The van der Waals surface area contributed by atoms with Crippen molar-refractivity contribution in [1.29, 1.82) is 0 Å². The molecule has 110 valence electrons. The number of hydrogen-bond acceptors (Lipinski definition) is 2. The van der Waals surface area contributed by atoms with Crippen LogP contribution >= 0.6 is 0 Å². The SMILES string of the molecule is C=C1CC[C@H]2[C@H]3Cc4ccc(F)c5c4[C@@]2(CCN3C)[C@H]1O5. The lowest BCUT2D eigenvalue weighted by Gasteiger charge is -2.58. The van der Waals surface area contributed by atoms with Gasteiger partial charge in [0.2, 0.25) is 0 Å². The Kier molecular flexibility index (Phi) is 2.15. The summed E-state index contributed by atoms with van der Waals surface area (Å²) >= 11 is 0. The Balaban J connectivity index is 1.83. The smallest absolute Gasteiger partial charge is 0.165 e. The summed E-state index contributed by atoms with van der Waals surface area (Å²) < 4.78 is 20.5. The molecule has 2 bridgehead atoms. The van der Waals surface area contributed by atoms with E-state index in [0.29, 0.717) is 17.7 Å². The molecule has 1 aromatic rings. The van der Waals surface area contributed by atoms with Gasteiger partial charge in [-0.25, -0.2) is 4.39 Å². The van der Waals surface area contributed by atoms with Crippen LogP contribution in [0.2, 0.25) is 0 Å². The molecule has 0 N–H and O–H groups in total. The average molecular weight is 285 g/mol. The fourth-order valence-electron chi connectivity index (χ4n) is 5.64. The summed E-state index contributed by atoms with van der Waals surface area (Å²) in [6.45, 7) is 5.33. The van der Waals surface area contributed by atoms with Crippen LogP contribution in [0.25, 0.3) is 0 Å². The number of ether oxygens (including phenoxy) is 1. The van der Waals surface area contributed by atoms with Gasteiger partial charge in [0.25, 0.3) is 0 Å². The van der Waals surface area contributed by atoms with Crippen LogP contribution in [-0.4, -0.2) is 30.6 Å². The molecule has 5 rings (SSSR count). The van der Waals surface area contributed by atoms with Crippen molar-refractivity contribution in [3.8, 4) is 5.75 Å². The van der Waals surface area contributed by atoms with Gasteiger partial charge in [-0.1, -0.05) is 12.6 Å². The van der Waals surface area contributed by atoms with E-state index in [9.17, 15) is 4.39 Å². The lowest BCUT2D eigenvalue weighted by Crippen LogP contribution is -2.63. The van der Waals surface area contributed by atoms with Crippen LogP contribution in [0, 0.1) is 11.7 Å². The Morgan fingerprint density at radius 1 is 1.43 bits per heavy atom. The van der Waals surface area contributed by atoms with E-state index < -0.39 is 0 Å². The summed E-state index contributed by atoms with van der Waals surface area (Å²) in [5, 5.41) is 0. The highest BCUT2D eigenvalue weighted by atomic mass is 19.1. The molecule has 1 spiro atoms. The third-order valence-corrected chi connectivity index (χ3v) is 6.51. The van der Waals surface area contributed by atoms with Crippen LogP contribution in [0.3, 0.4) is 0 Å². The molecule has 2 aliphatic carbocycles. The van der Waals surface area contributed by atoms with Crippen molar-refractivity contribution >= 4 is 0 Å². The predicted molar refractivity (Wildman–Crippen MR) is 79.1 cm³/mol. The molecule has 0 amide bonds. The van der Waals surface area contributed by atoms with Crippen LogP contribution in [0.5, 0.6) is 5.75 Å². The lowest BCUT2D eigenvalue weighted by molar-refractivity contribution is -0.0215. The van der Waals surface area contributed by atoms with Crippen molar-refractivity contribution in [3.05, 3.63) is 41.2 Å². The normalized spacial score (nSPS) is 39.9. The van der Waals surface area contributed by atoms with Gasteiger partial charge in [0.05, 0.1) is 0 Å². The molecular formula is C18H20FNO. The van der Waals surface area contributed by atoms with E-state index in [4.69, 9.17) is 4.74 Å². The first-order chi connectivity index (χ1) is 10.1. The summed E-state index contributed by atoms with van der Waals surface area (Å²) in [7, 11) is 2.24. The van der Waals surface area contributed by atoms with Crippen molar-refractivity contribution in [1.82, 2.24) is 4.90 Å². The van der Waals surface area contributed by atoms with Gasteiger partial charge in [-0.15, -0.1) is 0 Å². The number of likely N-dealkylation sites (N-methyl/N-ethyl adjacent to an activating group) is 1. The Bertz CT molecular complexity index is 669. The van der Waals surface area contributed by atoms with E-state index in [2.05, 4.69) is 18.5 Å². The maximum Gasteiger partial charge on any atom is 0.165 e. The minimum atomic E-state index is -0.193. The van der Waals surface area contributed by atoms with Gasteiger partial charge in [-0.2, -0.15) is 0 Å². The van der Waals surface area contributed by atoms with Gasteiger partial charge in [0.15, 0.2) is 11.6 Å². The fraction of sp³-hybridized carbons (Fsp3) is 0.556. The number of hydrogen-bond donors (Lipinski definition) is 0. The highest BCUT2D eigenvalue weighted by Crippen LogP contribution is 2.63. The van der Waals surface area contributed by atoms with E-state index in [-0.39, 0.29) is 17.3 Å². The summed E-state index contributed by atoms with van der Waals surface area (Å²) in [6.07, 6.45) is 4.29. The third-order valence-electron chi connectivity index (χ3n) is 6.51. The number of halogens is 1. The standard InChI is InChI=1S/C18H20FNO/c1-10-3-5-12-14-9-11-4-6-13(19)16-15(11)18(12,17(10)21-16)7-8-20(14)2/h4,6,12,14,17H,1,3,5,7-9H2,2H3/t12-,14+,17-,18-/m0/s1. The molecule has 3 heteroatoms. The number of nitrogens with zero attached hydrogens (tertiary/aromatic N) is 1. The van der Waals surface area contributed by atoms with Crippen molar-refractivity contribution in [3.63, 3.8) is 0 Å². The first-order valence-electron chi connectivity index (χ1n) is 7.99. The maximum atomic E-state index is 14.3. The Morgan fingerprint density at radius 2 is 2.29 bits per heavy atom. The molecule has 1 aromatic carbocycles. The van der Waals surface area contributed by atoms with Crippen molar-refractivity contribution in [2.75, 3.05) is 13.6 Å². The van der Waals surface area contributed by atoms with Crippen LogP contribution in [0.15, 0.2) is 24.3 Å². The highest BCUT2D eigenvalue weighted by molar-refractivity contribution is 5.57. The second-order valence-electron chi connectivity index (χ2n) is 7.25. The number of likely N-dealkylation sites (tertiary alicyclic amines) is 1. The van der Waals surface area contributed by atoms with Crippen LogP contribution in [-0.2, 0) is 11.8 Å². The zero-order chi connectivity index (χ0) is 14.4. The topological polar surface area (TPSA) is 12.5 Å². The molecule has 1 saturated heterocycles. The lowest BCUT2D eigenvalue weighted by atomic mass is 9.51. The molecular weight excluding hydrogens is 265 g/mol. The zero-order valence-electron chi connectivity index (χ0n) is 12.4. The minimum absolute atomic E-state index is 0.00148. The van der Waals surface area contributed by atoms with Crippen LogP contribution < -0.4 is 4.74 Å².